The Balaban J connectivity index is 1.74. The van der Waals surface area contributed by atoms with E-state index < -0.39 is 0 Å². The minimum absolute atomic E-state index is 0.632. The van der Waals surface area contributed by atoms with E-state index in [-0.39, 0.29) is 0 Å². The molecule has 2 aliphatic rings. The summed E-state index contributed by atoms with van der Waals surface area (Å²) >= 11 is 0. The van der Waals surface area contributed by atoms with Crippen molar-refractivity contribution in [2.45, 2.75) is 64.5 Å². The monoisotopic (exact) mass is 224 g/mol. The third-order valence-corrected chi connectivity index (χ3v) is 4.31. The molecule has 0 aromatic carbocycles. The van der Waals surface area contributed by atoms with E-state index in [1.54, 1.807) is 0 Å². The van der Waals surface area contributed by atoms with Gasteiger partial charge in [0, 0.05) is 25.2 Å². The zero-order valence-electron chi connectivity index (χ0n) is 11.0. The molecular weight excluding hydrogens is 196 g/mol. The average Bonchev–Trinajstić information content (AvgIpc) is 2.84. The van der Waals surface area contributed by atoms with Gasteiger partial charge in [0.25, 0.3) is 0 Å². The maximum atomic E-state index is 3.54. The van der Waals surface area contributed by atoms with Gasteiger partial charge in [0.15, 0.2) is 0 Å². The summed E-state index contributed by atoms with van der Waals surface area (Å²) in [4.78, 5) is 2.76. The van der Waals surface area contributed by atoms with Gasteiger partial charge >= 0.3 is 0 Å². The van der Waals surface area contributed by atoms with Crippen molar-refractivity contribution in [1.29, 1.82) is 0 Å². The molecule has 0 aromatic rings. The Labute approximate surface area is 101 Å². The highest BCUT2D eigenvalue weighted by Gasteiger charge is 2.32. The molecular formula is C14H28N2. The molecule has 2 rings (SSSR count). The van der Waals surface area contributed by atoms with E-state index in [1.165, 1.54) is 58.2 Å². The summed E-state index contributed by atoms with van der Waals surface area (Å²) in [5.41, 5.74) is 0. The minimum Gasteiger partial charge on any atom is -0.313 e. The van der Waals surface area contributed by atoms with Gasteiger partial charge in [-0.2, -0.15) is 0 Å². The van der Waals surface area contributed by atoms with Gasteiger partial charge in [-0.15, -0.1) is 0 Å². The maximum Gasteiger partial charge on any atom is 0.0124 e. The predicted molar refractivity (Wildman–Crippen MR) is 69.7 cm³/mol. The van der Waals surface area contributed by atoms with Gasteiger partial charge in [0.2, 0.25) is 0 Å². The largest absolute Gasteiger partial charge is 0.313 e. The van der Waals surface area contributed by atoms with Crippen LogP contribution in [-0.2, 0) is 0 Å². The van der Waals surface area contributed by atoms with Crippen LogP contribution in [0.25, 0.3) is 0 Å². The van der Waals surface area contributed by atoms with Crippen LogP contribution in [0.1, 0.15) is 52.4 Å². The Morgan fingerprint density at radius 3 is 2.56 bits per heavy atom. The van der Waals surface area contributed by atoms with E-state index in [1.807, 2.05) is 0 Å². The molecule has 94 valence electrons. The zero-order chi connectivity index (χ0) is 11.4. The molecule has 1 saturated carbocycles. The van der Waals surface area contributed by atoms with Gasteiger partial charge in [-0.05, 0) is 38.1 Å². The summed E-state index contributed by atoms with van der Waals surface area (Å²) in [5, 5.41) is 3.54. The second kappa shape index (κ2) is 6.02. The molecule has 16 heavy (non-hydrogen) atoms. The first-order valence-corrected chi connectivity index (χ1v) is 7.25. The molecule has 2 nitrogen and oxygen atoms in total. The first kappa shape index (κ1) is 12.4. The fourth-order valence-electron chi connectivity index (χ4n) is 3.50. The molecule has 0 bridgehead atoms. The van der Waals surface area contributed by atoms with Crippen molar-refractivity contribution in [2.75, 3.05) is 19.6 Å². The van der Waals surface area contributed by atoms with Crippen molar-refractivity contribution in [1.82, 2.24) is 10.2 Å². The van der Waals surface area contributed by atoms with Crippen LogP contribution in [0.15, 0.2) is 0 Å². The highest BCUT2D eigenvalue weighted by atomic mass is 15.2. The molecule has 1 N–H and O–H groups in total. The minimum atomic E-state index is 0.632. The Morgan fingerprint density at radius 1 is 1.12 bits per heavy atom. The van der Waals surface area contributed by atoms with Crippen LogP contribution in [0, 0.1) is 5.92 Å². The second-order valence-electron chi connectivity index (χ2n) is 5.90. The van der Waals surface area contributed by atoms with Gasteiger partial charge in [-0.1, -0.05) is 26.7 Å². The standard InChI is InChI=1S/C14H28N2/c1-12(2)15-9-11-16-10-5-8-14(16)13-6-3-4-7-13/h12-15H,3-11H2,1-2H3. The molecule has 0 spiro atoms. The van der Waals surface area contributed by atoms with Gasteiger partial charge in [0.05, 0.1) is 0 Å². The second-order valence-corrected chi connectivity index (χ2v) is 5.90. The summed E-state index contributed by atoms with van der Waals surface area (Å²) in [5.74, 6) is 1.03. The van der Waals surface area contributed by atoms with Crippen molar-refractivity contribution in [3.05, 3.63) is 0 Å². The van der Waals surface area contributed by atoms with Crippen LogP contribution in [0.5, 0.6) is 0 Å². The summed E-state index contributed by atoms with van der Waals surface area (Å²) in [6.07, 6.45) is 8.87. The molecule has 1 heterocycles. The van der Waals surface area contributed by atoms with Crippen molar-refractivity contribution < 1.29 is 0 Å². The summed E-state index contributed by atoms with van der Waals surface area (Å²) in [7, 11) is 0. The van der Waals surface area contributed by atoms with Crippen molar-refractivity contribution in [2.24, 2.45) is 5.92 Å². The van der Waals surface area contributed by atoms with Crippen molar-refractivity contribution in [3.63, 3.8) is 0 Å². The van der Waals surface area contributed by atoms with E-state index in [9.17, 15) is 0 Å². The van der Waals surface area contributed by atoms with Gasteiger partial charge in [0.1, 0.15) is 0 Å². The summed E-state index contributed by atoms with van der Waals surface area (Å²) in [6, 6.07) is 1.56. The lowest BCUT2D eigenvalue weighted by Gasteiger charge is -2.29. The van der Waals surface area contributed by atoms with Crippen LogP contribution in [-0.4, -0.2) is 36.6 Å². The number of hydrogen-bond acceptors (Lipinski definition) is 2. The first-order chi connectivity index (χ1) is 7.77. The Morgan fingerprint density at radius 2 is 1.88 bits per heavy atom. The quantitative estimate of drug-likeness (QED) is 0.772. The van der Waals surface area contributed by atoms with Crippen LogP contribution in [0.3, 0.4) is 0 Å². The van der Waals surface area contributed by atoms with E-state index in [0.717, 1.165) is 12.0 Å². The molecule has 1 atom stereocenters. The molecule has 0 amide bonds. The van der Waals surface area contributed by atoms with E-state index >= 15 is 0 Å². The number of rotatable bonds is 5. The van der Waals surface area contributed by atoms with Crippen molar-refractivity contribution in [3.8, 4) is 0 Å². The molecule has 1 saturated heterocycles. The third kappa shape index (κ3) is 3.21. The van der Waals surface area contributed by atoms with Crippen LogP contribution < -0.4 is 5.32 Å². The maximum absolute atomic E-state index is 3.54. The lowest BCUT2D eigenvalue weighted by Crippen LogP contribution is -2.40. The Kier molecular flexibility index (Phi) is 4.66. The zero-order valence-corrected chi connectivity index (χ0v) is 11.0. The lowest BCUT2D eigenvalue weighted by atomic mass is 9.96. The molecule has 1 aliphatic heterocycles. The number of nitrogens with zero attached hydrogens (tertiary/aromatic N) is 1. The van der Waals surface area contributed by atoms with Crippen LogP contribution in [0.4, 0.5) is 0 Å². The molecule has 0 radical (unpaired) electrons. The van der Waals surface area contributed by atoms with Crippen molar-refractivity contribution >= 4 is 0 Å². The fourth-order valence-corrected chi connectivity index (χ4v) is 3.50. The van der Waals surface area contributed by atoms with E-state index in [2.05, 4.69) is 24.1 Å². The van der Waals surface area contributed by atoms with E-state index in [4.69, 9.17) is 0 Å². The topological polar surface area (TPSA) is 15.3 Å². The molecule has 1 aliphatic carbocycles. The normalized spacial score (nSPS) is 28.3. The SMILES string of the molecule is CC(C)NCCN1CCCC1C1CCCC1. The highest BCUT2D eigenvalue weighted by molar-refractivity contribution is 4.87. The number of hydrogen-bond donors (Lipinski definition) is 1. The summed E-state index contributed by atoms with van der Waals surface area (Å²) < 4.78 is 0. The first-order valence-electron chi connectivity index (χ1n) is 7.25. The molecule has 2 heteroatoms. The third-order valence-electron chi connectivity index (χ3n) is 4.31. The van der Waals surface area contributed by atoms with Gasteiger partial charge in [-0.25, -0.2) is 0 Å². The molecule has 1 unspecified atom stereocenters. The molecule has 0 aromatic heterocycles. The smallest absolute Gasteiger partial charge is 0.0124 e. The molecule has 2 fully saturated rings. The summed E-state index contributed by atoms with van der Waals surface area (Å²) in [6.45, 7) is 8.25. The van der Waals surface area contributed by atoms with Crippen LogP contribution >= 0.6 is 0 Å². The lowest BCUT2D eigenvalue weighted by molar-refractivity contribution is 0.190. The van der Waals surface area contributed by atoms with Crippen LogP contribution in [0.2, 0.25) is 0 Å². The Hall–Kier alpha value is -0.0800. The predicted octanol–water partition coefficient (Wildman–Crippen LogP) is 2.64. The Bertz CT molecular complexity index is 197. The van der Waals surface area contributed by atoms with E-state index in [0.29, 0.717) is 6.04 Å². The number of likely N-dealkylation sites (tertiary alicyclic amines) is 1. The highest BCUT2D eigenvalue weighted by Crippen LogP contribution is 2.34. The average molecular weight is 224 g/mol. The number of nitrogens with one attached hydrogen (secondary N) is 1. The fraction of sp³-hybridized carbons (Fsp3) is 1.00. The van der Waals surface area contributed by atoms with Gasteiger partial charge in [-0.3, -0.25) is 4.90 Å². The van der Waals surface area contributed by atoms with Gasteiger partial charge < -0.3 is 5.32 Å².